The van der Waals surface area contributed by atoms with Crippen molar-refractivity contribution in [2.75, 3.05) is 13.2 Å². The molecule has 0 bridgehead atoms. The van der Waals surface area contributed by atoms with Crippen molar-refractivity contribution < 1.29 is 8.85 Å². The highest BCUT2D eigenvalue weighted by molar-refractivity contribution is 6.74. The van der Waals surface area contributed by atoms with E-state index in [1.54, 1.807) is 6.20 Å². The molecule has 0 aromatic carbocycles. The van der Waals surface area contributed by atoms with Crippen molar-refractivity contribution in [3.63, 3.8) is 0 Å². The Morgan fingerprint density at radius 1 is 0.900 bits per heavy atom. The molecule has 0 N–H and O–H groups in total. The number of halogens is 1. The summed E-state index contributed by atoms with van der Waals surface area (Å²) in [6.45, 7) is 26.0. The fourth-order valence-corrected chi connectivity index (χ4v) is 4.96. The van der Waals surface area contributed by atoms with Gasteiger partial charge in [-0.15, -0.1) is 0 Å². The van der Waals surface area contributed by atoms with Crippen molar-refractivity contribution in [1.29, 1.82) is 0 Å². The Labute approximate surface area is 189 Å². The van der Waals surface area contributed by atoms with Crippen LogP contribution in [0, 0.1) is 0 Å². The number of aromatic nitrogens is 3. The summed E-state index contributed by atoms with van der Waals surface area (Å²) in [6, 6.07) is 2.03. The first-order valence-electron chi connectivity index (χ1n) is 10.7. The fraction of sp³-hybridized carbons (Fsp3) is 0.727. The van der Waals surface area contributed by atoms with Gasteiger partial charge in [0, 0.05) is 17.8 Å². The average molecular weight is 470 g/mol. The Bertz CT molecular complexity index is 853. The Balaban J connectivity index is 2.45. The van der Waals surface area contributed by atoms with Gasteiger partial charge < -0.3 is 13.4 Å². The maximum Gasteiger partial charge on any atom is 0.224 e. The number of rotatable bonds is 7. The van der Waals surface area contributed by atoms with Crippen LogP contribution >= 0.6 is 11.6 Å². The average Bonchev–Trinajstić information content (AvgIpc) is 3.00. The third-order valence-corrected chi connectivity index (χ3v) is 16.2. The van der Waals surface area contributed by atoms with Crippen molar-refractivity contribution in [2.45, 2.75) is 90.3 Å². The zero-order valence-corrected chi connectivity index (χ0v) is 23.4. The molecule has 2 aromatic heterocycles. The largest absolute Gasteiger partial charge is 0.414 e. The molecular weight excluding hydrogens is 430 g/mol. The number of hydrogen-bond acceptors (Lipinski definition) is 4. The lowest BCUT2D eigenvalue weighted by atomic mass is 10.1. The second-order valence-electron chi connectivity index (χ2n) is 11.7. The maximum absolute atomic E-state index is 6.69. The van der Waals surface area contributed by atoms with Crippen LogP contribution in [0.15, 0.2) is 18.5 Å². The minimum Gasteiger partial charge on any atom is -0.414 e. The molecule has 30 heavy (non-hydrogen) atoms. The standard InChI is InChI=1S/C22H40ClN3O2Si2/c1-20(2,3)29(8,9)27-15-22(7,16-28-30(10,11)21(4,5)6)26-13-12-17-14-24-19(23)25-18(17)26/h12-14H,15-16H2,1-11H3. The van der Waals surface area contributed by atoms with Crippen LogP contribution < -0.4 is 0 Å². The molecule has 0 aliphatic rings. The van der Waals surface area contributed by atoms with Crippen LogP contribution in [0.2, 0.25) is 41.5 Å². The summed E-state index contributed by atoms with van der Waals surface area (Å²) in [5.74, 6) is 0. The van der Waals surface area contributed by atoms with Gasteiger partial charge in [-0.1, -0.05) is 41.5 Å². The van der Waals surface area contributed by atoms with E-state index in [0.29, 0.717) is 13.2 Å². The molecule has 2 rings (SSSR count). The lowest BCUT2D eigenvalue weighted by Gasteiger charge is -2.43. The van der Waals surface area contributed by atoms with Crippen LogP contribution in [0.3, 0.4) is 0 Å². The summed E-state index contributed by atoms with van der Waals surface area (Å²) in [4.78, 5) is 8.65. The highest BCUT2D eigenvalue weighted by Crippen LogP contribution is 2.40. The van der Waals surface area contributed by atoms with Crippen LogP contribution in [0.1, 0.15) is 48.5 Å². The molecule has 0 amide bonds. The first kappa shape index (κ1) is 25.5. The molecule has 5 nitrogen and oxygen atoms in total. The predicted octanol–water partition coefficient (Wildman–Crippen LogP) is 6.84. The van der Waals surface area contributed by atoms with Gasteiger partial charge in [0.2, 0.25) is 5.28 Å². The molecule has 0 saturated carbocycles. The van der Waals surface area contributed by atoms with Crippen LogP contribution in [0.5, 0.6) is 0 Å². The van der Waals surface area contributed by atoms with Gasteiger partial charge in [0.15, 0.2) is 16.6 Å². The van der Waals surface area contributed by atoms with Gasteiger partial charge in [0.05, 0.1) is 18.8 Å². The Hall–Kier alpha value is -0.736. The molecule has 2 aromatic rings. The third-order valence-electron chi connectivity index (χ3n) is 7.08. The van der Waals surface area contributed by atoms with Crippen LogP contribution in [-0.2, 0) is 14.4 Å². The van der Waals surface area contributed by atoms with Crippen LogP contribution in [-0.4, -0.2) is 44.4 Å². The monoisotopic (exact) mass is 469 g/mol. The number of hydrogen-bond donors (Lipinski definition) is 0. The second kappa shape index (κ2) is 8.32. The molecule has 0 unspecified atom stereocenters. The molecule has 0 aliphatic heterocycles. The minimum absolute atomic E-state index is 0.137. The normalized spacial score (nSPS) is 14.5. The highest BCUT2D eigenvalue weighted by atomic mass is 35.5. The summed E-state index contributed by atoms with van der Waals surface area (Å²) in [5.41, 5.74) is 0.403. The zero-order chi connectivity index (χ0) is 23.2. The lowest BCUT2D eigenvalue weighted by molar-refractivity contribution is 0.0900. The predicted molar refractivity (Wildman–Crippen MR) is 132 cm³/mol. The fourth-order valence-electron chi connectivity index (χ4n) is 2.62. The van der Waals surface area contributed by atoms with Crippen molar-refractivity contribution in [1.82, 2.24) is 14.5 Å². The van der Waals surface area contributed by atoms with E-state index in [1.165, 1.54) is 0 Å². The second-order valence-corrected chi connectivity index (χ2v) is 21.7. The SMILES string of the molecule is CC(CO[Si](C)(C)C(C)(C)C)(CO[Si](C)(C)C(C)(C)C)n1ccc2cnc(Cl)nc21. The zero-order valence-electron chi connectivity index (χ0n) is 20.7. The highest BCUT2D eigenvalue weighted by Gasteiger charge is 2.43. The molecule has 0 radical (unpaired) electrons. The molecular formula is C22H40ClN3O2Si2. The van der Waals surface area contributed by atoms with Crippen molar-refractivity contribution in [3.8, 4) is 0 Å². The lowest BCUT2D eigenvalue weighted by Crippen LogP contribution is -2.51. The number of fused-ring (bicyclic) bond motifs is 1. The van der Waals surface area contributed by atoms with E-state index < -0.39 is 22.2 Å². The molecule has 2 heterocycles. The topological polar surface area (TPSA) is 49.2 Å². The summed E-state index contributed by atoms with van der Waals surface area (Å²) >= 11 is 6.13. The van der Waals surface area contributed by atoms with Gasteiger partial charge in [-0.3, -0.25) is 0 Å². The van der Waals surface area contributed by atoms with E-state index >= 15 is 0 Å². The maximum atomic E-state index is 6.69. The summed E-state index contributed by atoms with van der Waals surface area (Å²) in [5, 5.41) is 1.49. The van der Waals surface area contributed by atoms with Crippen LogP contribution in [0.4, 0.5) is 0 Å². The molecule has 170 valence electrons. The van der Waals surface area contributed by atoms with Crippen molar-refractivity contribution in [3.05, 3.63) is 23.7 Å². The van der Waals surface area contributed by atoms with Gasteiger partial charge in [0.1, 0.15) is 5.65 Å². The molecule has 0 fully saturated rings. The van der Waals surface area contributed by atoms with Crippen LogP contribution in [0.25, 0.3) is 11.0 Å². The summed E-state index contributed by atoms with van der Waals surface area (Å²) < 4.78 is 15.5. The summed E-state index contributed by atoms with van der Waals surface area (Å²) in [7, 11) is -3.87. The van der Waals surface area contributed by atoms with Gasteiger partial charge in [0.25, 0.3) is 0 Å². The van der Waals surface area contributed by atoms with Crippen molar-refractivity contribution in [2.24, 2.45) is 0 Å². The quantitative estimate of drug-likeness (QED) is 0.328. The van der Waals surface area contributed by atoms with E-state index in [9.17, 15) is 0 Å². The van der Waals surface area contributed by atoms with E-state index in [0.717, 1.165) is 11.0 Å². The van der Waals surface area contributed by atoms with Crippen molar-refractivity contribution >= 4 is 39.3 Å². The number of nitrogens with zero attached hydrogens (tertiary/aromatic N) is 3. The van der Waals surface area contributed by atoms with Gasteiger partial charge >= 0.3 is 0 Å². The molecule has 0 saturated heterocycles. The summed E-state index contributed by atoms with van der Waals surface area (Å²) in [6.07, 6.45) is 3.82. The molecule has 0 atom stereocenters. The van der Waals surface area contributed by atoms with E-state index in [2.05, 4.69) is 95.4 Å². The Morgan fingerprint density at radius 2 is 1.37 bits per heavy atom. The van der Waals surface area contributed by atoms with E-state index in [-0.39, 0.29) is 15.4 Å². The minimum atomic E-state index is -1.93. The third kappa shape index (κ3) is 5.35. The van der Waals surface area contributed by atoms with Gasteiger partial charge in [-0.25, -0.2) is 4.98 Å². The first-order valence-corrected chi connectivity index (χ1v) is 16.9. The molecule has 8 heteroatoms. The first-order chi connectivity index (χ1) is 13.4. The van der Waals surface area contributed by atoms with Gasteiger partial charge in [-0.2, -0.15) is 4.98 Å². The van der Waals surface area contributed by atoms with E-state index in [1.807, 2.05) is 6.07 Å². The molecule has 0 aliphatic carbocycles. The Morgan fingerprint density at radius 3 is 1.80 bits per heavy atom. The molecule has 0 spiro atoms. The Kier molecular flexibility index (Phi) is 7.07. The smallest absolute Gasteiger partial charge is 0.224 e. The van der Waals surface area contributed by atoms with Gasteiger partial charge in [-0.05, 0) is 60.9 Å². The van der Waals surface area contributed by atoms with E-state index in [4.69, 9.17) is 20.5 Å².